The molecule has 0 radical (unpaired) electrons. The summed E-state index contributed by atoms with van der Waals surface area (Å²) in [6.07, 6.45) is 3.99. The average Bonchev–Trinajstić information content (AvgIpc) is 2.89. The first-order valence-corrected chi connectivity index (χ1v) is 5.98. The lowest BCUT2D eigenvalue weighted by Gasteiger charge is -2.10. The second-order valence-corrected chi connectivity index (χ2v) is 4.17. The summed E-state index contributed by atoms with van der Waals surface area (Å²) in [5.74, 6) is -1.76. The highest BCUT2D eigenvalue weighted by molar-refractivity contribution is 5.94. The number of aromatic carboxylic acids is 1. The van der Waals surface area contributed by atoms with Gasteiger partial charge >= 0.3 is 5.97 Å². The van der Waals surface area contributed by atoms with E-state index in [0.717, 1.165) is 6.07 Å². The Morgan fingerprint density at radius 2 is 2.30 bits per heavy atom. The predicted molar refractivity (Wildman–Crippen MR) is 70.9 cm³/mol. The van der Waals surface area contributed by atoms with Gasteiger partial charge in [-0.2, -0.15) is 0 Å². The number of hydrogen-bond acceptors (Lipinski definition) is 5. The number of carboxylic acid groups (broad SMARTS) is 1. The molecule has 2 rings (SSSR count). The minimum atomic E-state index is -1.19. The van der Waals surface area contributed by atoms with Gasteiger partial charge in [0.25, 0.3) is 0 Å². The van der Waals surface area contributed by atoms with Gasteiger partial charge in [-0.15, -0.1) is 5.10 Å². The van der Waals surface area contributed by atoms with E-state index in [9.17, 15) is 9.18 Å². The van der Waals surface area contributed by atoms with Crippen molar-refractivity contribution in [2.24, 2.45) is 0 Å². The standard InChI is InChI=1S/C12H14FN5O2/c13-9-7-10(14)8(12(19)20)6-11(9)15-2-1-4-18-5-3-16-17-18/h3,5-7,15H,1-2,4,14H2,(H,19,20). The van der Waals surface area contributed by atoms with Crippen molar-refractivity contribution in [3.8, 4) is 0 Å². The Balaban J connectivity index is 1.95. The number of aryl methyl sites for hydroxylation is 1. The van der Waals surface area contributed by atoms with Crippen LogP contribution in [0.15, 0.2) is 24.5 Å². The molecule has 0 fully saturated rings. The molecule has 0 saturated carbocycles. The second-order valence-electron chi connectivity index (χ2n) is 4.17. The van der Waals surface area contributed by atoms with Gasteiger partial charge in [0.05, 0.1) is 17.4 Å². The van der Waals surface area contributed by atoms with Crippen LogP contribution in [0.25, 0.3) is 0 Å². The molecule has 106 valence electrons. The van der Waals surface area contributed by atoms with E-state index < -0.39 is 11.8 Å². The maximum Gasteiger partial charge on any atom is 0.337 e. The van der Waals surface area contributed by atoms with Gasteiger partial charge < -0.3 is 16.2 Å². The van der Waals surface area contributed by atoms with Crippen LogP contribution in [0.1, 0.15) is 16.8 Å². The zero-order valence-electron chi connectivity index (χ0n) is 10.6. The van der Waals surface area contributed by atoms with Crippen LogP contribution in [0.2, 0.25) is 0 Å². The molecule has 0 bridgehead atoms. The fourth-order valence-electron chi connectivity index (χ4n) is 1.73. The van der Waals surface area contributed by atoms with Crippen molar-refractivity contribution in [3.63, 3.8) is 0 Å². The highest BCUT2D eigenvalue weighted by atomic mass is 19.1. The monoisotopic (exact) mass is 279 g/mol. The van der Waals surface area contributed by atoms with E-state index in [1.54, 1.807) is 17.1 Å². The maximum absolute atomic E-state index is 13.6. The lowest BCUT2D eigenvalue weighted by molar-refractivity contribution is 0.0698. The lowest BCUT2D eigenvalue weighted by Crippen LogP contribution is -2.10. The number of carbonyl (C=O) groups is 1. The molecule has 0 atom stereocenters. The minimum absolute atomic E-state index is 0.0943. The third-order valence-corrected chi connectivity index (χ3v) is 2.72. The largest absolute Gasteiger partial charge is 0.478 e. The highest BCUT2D eigenvalue weighted by Crippen LogP contribution is 2.22. The number of anilines is 2. The minimum Gasteiger partial charge on any atom is -0.478 e. The molecule has 0 spiro atoms. The van der Waals surface area contributed by atoms with Gasteiger partial charge in [0.2, 0.25) is 0 Å². The number of nitrogens with zero attached hydrogens (tertiary/aromatic N) is 3. The van der Waals surface area contributed by atoms with E-state index >= 15 is 0 Å². The van der Waals surface area contributed by atoms with Crippen molar-refractivity contribution in [2.45, 2.75) is 13.0 Å². The second kappa shape index (κ2) is 6.00. The Morgan fingerprint density at radius 3 is 2.95 bits per heavy atom. The quantitative estimate of drug-likeness (QED) is 0.542. The zero-order valence-corrected chi connectivity index (χ0v) is 10.6. The maximum atomic E-state index is 13.6. The third-order valence-electron chi connectivity index (χ3n) is 2.72. The number of nitrogens with one attached hydrogen (secondary N) is 1. The summed E-state index contributed by atoms with van der Waals surface area (Å²) in [5, 5.41) is 19.2. The van der Waals surface area contributed by atoms with Crippen molar-refractivity contribution in [3.05, 3.63) is 35.9 Å². The van der Waals surface area contributed by atoms with Gasteiger partial charge in [0.15, 0.2) is 0 Å². The van der Waals surface area contributed by atoms with E-state index in [4.69, 9.17) is 10.8 Å². The summed E-state index contributed by atoms with van der Waals surface area (Å²) in [4.78, 5) is 10.9. The van der Waals surface area contributed by atoms with Crippen LogP contribution in [0.4, 0.5) is 15.8 Å². The fraction of sp³-hybridized carbons (Fsp3) is 0.250. The summed E-state index contributed by atoms with van der Waals surface area (Å²) in [6.45, 7) is 1.11. The molecule has 4 N–H and O–H groups in total. The Morgan fingerprint density at radius 1 is 1.50 bits per heavy atom. The molecule has 8 heteroatoms. The van der Waals surface area contributed by atoms with Crippen LogP contribution >= 0.6 is 0 Å². The van der Waals surface area contributed by atoms with E-state index in [1.807, 2.05) is 0 Å². The highest BCUT2D eigenvalue weighted by Gasteiger charge is 2.12. The summed E-state index contributed by atoms with van der Waals surface area (Å²) in [6, 6.07) is 2.20. The summed E-state index contributed by atoms with van der Waals surface area (Å²) >= 11 is 0. The third kappa shape index (κ3) is 3.22. The molecular weight excluding hydrogens is 265 g/mol. The molecule has 7 nitrogen and oxygen atoms in total. The zero-order chi connectivity index (χ0) is 14.5. The van der Waals surface area contributed by atoms with Gasteiger partial charge in [-0.05, 0) is 18.6 Å². The van der Waals surface area contributed by atoms with Crippen LogP contribution in [0.3, 0.4) is 0 Å². The van der Waals surface area contributed by atoms with Crippen LogP contribution < -0.4 is 11.1 Å². The van der Waals surface area contributed by atoms with Crippen LogP contribution in [-0.4, -0.2) is 32.6 Å². The van der Waals surface area contributed by atoms with E-state index in [-0.39, 0.29) is 16.9 Å². The first kappa shape index (κ1) is 13.8. The molecule has 20 heavy (non-hydrogen) atoms. The van der Waals surface area contributed by atoms with Crippen molar-refractivity contribution in [1.29, 1.82) is 0 Å². The summed E-state index contributed by atoms with van der Waals surface area (Å²) in [7, 11) is 0. The number of rotatable bonds is 6. The smallest absolute Gasteiger partial charge is 0.337 e. The number of hydrogen-bond donors (Lipinski definition) is 3. The van der Waals surface area contributed by atoms with Crippen molar-refractivity contribution in [1.82, 2.24) is 15.0 Å². The fourth-order valence-corrected chi connectivity index (χ4v) is 1.73. The topological polar surface area (TPSA) is 106 Å². The normalized spacial score (nSPS) is 10.4. The number of nitrogens with two attached hydrogens (primary N) is 1. The van der Waals surface area contributed by atoms with Gasteiger partial charge in [0.1, 0.15) is 5.82 Å². The first-order chi connectivity index (χ1) is 9.58. The molecule has 0 aliphatic heterocycles. The summed E-state index contributed by atoms with van der Waals surface area (Å²) < 4.78 is 15.3. The molecule has 1 aromatic heterocycles. The van der Waals surface area contributed by atoms with Crippen LogP contribution in [0.5, 0.6) is 0 Å². The molecule has 0 aliphatic carbocycles. The molecule has 1 heterocycles. The van der Waals surface area contributed by atoms with E-state index in [2.05, 4.69) is 15.6 Å². The lowest BCUT2D eigenvalue weighted by atomic mass is 10.1. The Kier molecular flexibility index (Phi) is 4.14. The molecule has 0 unspecified atom stereocenters. The number of aromatic nitrogens is 3. The summed E-state index contributed by atoms with van der Waals surface area (Å²) in [5.41, 5.74) is 5.35. The number of nitrogen functional groups attached to an aromatic ring is 1. The van der Waals surface area contributed by atoms with Crippen LogP contribution in [0, 0.1) is 5.82 Å². The average molecular weight is 279 g/mol. The molecule has 0 aliphatic rings. The Labute approximate surface area is 114 Å². The van der Waals surface area contributed by atoms with Gasteiger partial charge in [-0.3, -0.25) is 4.68 Å². The molecule has 2 aromatic rings. The van der Waals surface area contributed by atoms with Crippen molar-refractivity contribution < 1.29 is 14.3 Å². The first-order valence-electron chi connectivity index (χ1n) is 5.98. The Bertz CT molecular complexity index is 600. The van der Waals surface area contributed by atoms with E-state index in [1.165, 1.54) is 6.07 Å². The van der Waals surface area contributed by atoms with Crippen molar-refractivity contribution >= 4 is 17.3 Å². The number of halogens is 1. The predicted octanol–water partition coefficient (Wildman–Crippen LogP) is 1.20. The van der Waals surface area contributed by atoms with E-state index in [0.29, 0.717) is 19.5 Å². The Hall–Kier alpha value is -2.64. The van der Waals surface area contributed by atoms with Gasteiger partial charge in [-0.25, -0.2) is 9.18 Å². The molecule has 0 amide bonds. The van der Waals surface area contributed by atoms with Crippen molar-refractivity contribution in [2.75, 3.05) is 17.6 Å². The SMILES string of the molecule is Nc1cc(F)c(NCCCn2ccnn2)cc1C(=O)O. The van der Waals surface area contributed by atoms with Gasteiger partial charge in [-0.1, -0.05) is 5.21 Å². The number of benzene rings is 1. The molecular formula is C12H14FN5O2. The number of carboxylic acids is 1. The molecule has 1 aromatic carbocycles. The van der Waals surface area contributed by atoms with Gasteiger partial charge in [0, 0.05) is 25.0 Å². The molecule has 0 saturated heterocycles. The van der Waals surface area contributed by atoms with Crippen LogP contribution in [-0.2, 0) is 6.54 Å².